The molecule has 3 amide bonds. The van der Waals surface area contributed by atoms with Gasteiger partial charge in [-0.2, -0.15) is 0 Å². The Morgan fingerprint density at radius 2 is 1.96 bits per heavy atom. The lowest BCUT2D eigenvalue weighted by Gasteiger charge is -2.15. The van der Waals surface area contributed by atoms with E-state index in [0.29, 0.717) is 13.0 Å². The first-order valence-electron chi connectivity index (χ1n) is 7.30. The third-order valence-electron chi connectivity index (χ3n) is 3.55. The van der Waals surface area contributed by atoms with Crippen molar-refractivity contribution >= 4 is 22.0 Å². The number of primary sulfonamides is 1. The predicted octanol–water partition coefficient (Wildman–Crippen LogP) is -0.198. The van der Waals surface area contributed by atoms with Crippen LogP contribution in [0.5, 0.6) is 0 Å². The predicted molar refractivity (Wildman–Crippen MR) is 83.8 cm³/mol. The molecule has 1 saturated heterocycles. The van der Waals surface area contributed by atoms with Gasteiger partial charge in [-0.1, -0.05) is 12.1 Å². The normalized spacial score (nSPS) is 18.7. The van der Waals surface area contributed by atoms with E-state index in [2.05, 4.69) is 16.0 Å². The minimum atomic E-state index is -3.72. The average molecular weight is 340 g/mol. The highest BCUT2D eigenvalue weighted by Crippen LogP contribution is 2.09. The Kier molecular flexibility index (Phi) is 5.56. The van der Waals surface area contributed by atoms with Crippen molar-refractivity contribution < 1.29 is 18.0 Å². The van der Waals surface area contributed by atoms with Crippen molar-refractivity contribution in [3.05, 3.63) is 29.8 Å². The molecule has 0 spiro atoms. The summed E-state index contributed by atoms with van der Waals surface area (Å²) in [5.41, 5.74) is 0.720. The van der Waals surface area contributed by atoms with Gasteiger partial charge in [0, 0.05) is 13.1 Å². The number of urea groups is 1. The molecule has 8 nitrogen and oxygen atoms in total. The fraction of sp³-hybridized carbons (Fsp3) is 0.429. The van der Waals surface area contributed by atoms with Crippen LogP contribution in [0.4, 0.5) is 4.79 Å². The number of carbonyl (C=O) groups excluding carboxylic acids is 2. The van der Waals surface area contributed by atoms with E-state index in [1.54, 1.807) is 12.1 Å². The van der Waals surface area contributed by atoms with E-state index >= 15 is 0 Å². The van der Waals surface area contributed by atoms with E-state index in [1.165, 1.54) is 12.1 Å². The number of nitrogens with one attached hydrogen (secondary N) is 3. The Labute approximate surface area is 134 Å². The quantitative estimate of drug-likeness (QED) is 0.604. The molecule has 0 radical (unpaired) electrons. The first-order valence-corrected chi connectivity index (χ1v) is 8.85. The van der Waals surface area contributed by atoms with Crippen molar-refractivity contribution in [2.75, 3.05) is 6.54 Å². The zero-order chi connectivity index (χ0) is 16.9. The van der Waals surface area contributed by atoms with Crippen LogP contribution < -0.4 is 21.1 Å². The van der Waals surface area contributed by atoms with Crippen molar-refractivity contribution in [2.24, 2.45) is 5.14 Å². The van der Waals surface area contributed by atoms with Gasteiger partial charge in [0.2, 0.25) is 15.9 Å². The Morgan fingerprint density at radius 3 is 2.61 bits per heavy atom. The fourth-order valence-electron chi connectivity index (χ4n) is 2.27. The lowest BCUT2D eigenvalue weighted by atomic mass is 10.1. The summed E-state index contributed by atoms with van der Waals surface area (Å²) < 4.78 is 22.3. The topological polar surface area (TPSA) is 130 Å². The van der Waals surface area contributed by atoms with Crippen molar-refractivity contribution in [1.29, 1.82) is 0 Å². The zero-order valence-electron chi connectivity index (χ0n) is 12.5. The maximum Gasteiger partial charge on any atom is 0.315 e. The van der Waals surface area contributed by atoms with E-state index in [0.717, 1.165) is 18.4 Å². The summed E-state index contributed by atoms with van der Waals surface area (Å²) in [6.07, 6.45) is 2.39. The van der Waals surface area contributed by atoms with Crippen molar-refractivity contribution in [1.82, 2.24) is 16.0 Å². The number of sulfonamides is 1. The number of nitrogens with two attached hydrogens (primary N) is 1. The molecule has 126 valence electrons. The largest absolute Gasteiger partial charge is 0.354 e. The second-order valence-electron chi connectivity index (χ2n) is 5.36. The number of hydrogen-bond donors (Lipinski definition) is 4. The molecule has 23 heavy (non-hydrogen) atoms. The van der Waals surface area contributed by atoms with Gasteiger partial charge in [0.1, 0.15) is 6.04 Å². The van der Waals surface area contributed by atoms with Crippen LogP contribution in [-0.2, 0) is 21.4 Å². The monoisotopic (exact) mass is 340 g/mol. The summed E-state index contributed by atoms with van der Waals surface area (Å²) in [5.74, 6) is -0.171. The van der Waals surface area contributed by atoms with Gasteiger partial charge in [-0.05, 0) is 37.0 Å². The molecule has 2 rings (SSSR count). The molecule has 1 atom stereocenters. The second kappa shape index (κ2) is 7.42. The summed E-state index contributed by atoms with van der Waals surface area (Å²) in [7, 11) is -3.72. The van der Waals surface area contributed by atoms with E-state index in [-0.39, 0.29) is 17.3 Å². The molecule has 9 heteroatoms. The summed E-state index contributed by atoms with van der Waals surface area (Å²) in [6, 6.07) is 4.92. The van der Waals surface area contributed by atoms with Crippen LogP contribution in [0.2, 0.25) is 0 Å². The molecule has 0 unspecified atom stereocenters. The van der Waals surface area contributed by atoms with Crippen LogP contribution in [0.3, 0.4) is 0 Å². The van der Waals surface area contributed by atoms with E-state index in [1.807, 2.05) is 0 Å². The SMILES string of the molecule is NS(=O)(=O)c1ccc(CNC(=O)N[C@H]2CCCCNC2=O)cc1. The van der Waals surface area contributed by atoms with Crippen molar-refractivity contribution in [3.63, 3.8) is 0 Å². The van der Waals surface area contributed by atoms with Crippen LogP contribution >= 0.6 is 0 Å². The molecule has 1 aliphatic heterocycles. The maximum atomic E-state index is 11.9. The van der Waals surface area contributed by atoms with Gasteiger partial charge < -0.3 is 16.0 Å². The minimum Gasteiger partial charge on any atom is -0.354 e. The summed E-state index contributed by atoms with van der Waals surface area (Å²) in [4.78, 5) is 23.6. The molecule has 1 fully saturated rings. The average Bonchev–Trinajstić information content (AvgIpc) is 2.70. The molecule has 1 aromatic carbocycles. The van der Waals surface area contributed by atoms with Gasteiger partial charge in [0.15, 0.2) is 0 Å². The first kappa shape index (κ1) is 17.2. The van der Waals surface area contributed by atoms with Crippen LogP contribution in [0, 0.1) is 0 Å². The third kappa shape index (κ3) is 5.22. The molecule has 1 heterocycles. The Bertz CT molecular complexity index is 673. The zero-order valence-corrected chi connectivity index (χ0v) is 13.4. The molecule has 5 N–H and O–H groups in total. The molecule has 0 aliphatic carbocycles. The van der Waals surface area contributed by atoms with Crippen molar-refractivity contribution in [2.45, 2.75) is 36.7 Å². The molecule has 1 aliphatic rings. The summed E-state index contributed by atoms with van der Waals surface area (Å²) in [6.45, 7) is 0.847. The lowest BCUT2D eigenvalue weighted by molar-refractivity contribution is -0.122. The molecule has 0 saturated carbocycles. The third-order valence-corrected chi connectivity index (χ3v) is 4.47. The van der Waals surface area contributed by atoms with E-state index in [9.17, 15) is 18.0 Å². The van der Waals surface area contributed by atoms with Gasteiger partial charge in [-0.3, -0.25) is 4.79 Å². The Hall–Kier alpha value is -2.13. The fourth-order valence-corrected chi connectivity index (χ4v) is 2.78. The number of rotatable bonds is 4. The first-order chi connectivity index (χ1) is 10.9. The van der Waals surface area contributed by atoms with Gasteiger partial charge in [-0.15, -0.1) is 0 Å². The van der Waals surface area contributed by atoms with Crippen molar-refractivity contribution in [3.8, 4) is 0 Å². The van der Waals surface area contributed by atoms with Crippen LogP contribution in [0.1, 0.15) is 24.8 Å². The highest BCUT2D eigenvalue weighted by Gasteiger charge is 2.22. The lowest BCUT2D eigenvalue weighted by Crippen LogP contribution is -2.48. The summed E-state index contributed by atoms with van der Waals surface area (Å²) in [5, 5.41) is 13.0. The standard InChI is InChI=1S/C14H20N4O4S/c15-23(21,22)11-6-4-10(5-7-11)9-17-14(20)18-12-3-1-2-8-16-13(12)19/h4-7,12H,1-3,8-9H2,(H,16,19)(H2,15,21,22)(H2,17,18,20)/t12-/m0/s1. The number of carbonyl (C=O) groups is 2. The minimum absolute atomic E-state index is 0.0147. The van der Waals surface area contributed by atoms with Crippen LogP contribution in [-0.4, -0.2) is 32.9 Å². The van der Waals surface area contributed by atoms with E-state index < -0.39 is 22.1 Å². The molecular formula is C14H20N4O4S. The second-order valence-corrected chi connectivity index (χ2v) is 6.92. The number of benzene rings is 1. The maximum absolute atomic E-state index is 11.9. The summed E-state index contributed by atoms with van der Waals surface area (Å²) >= 11 is 0. The van der Waals surface area contributed by atoms with Crippen LogP contribution in [0.25, 0.3) is 0 Å². The Balaban J connectivity index is 1.85. The molecule has 0 bridgehead atoms. The van der Waals surface area contributed by atoms with Gasteiger partial charge in [-0.25, -0.2) is 18.4 Å². The highest BCUT2D eigenvalue weighted by atomic mass is 32.2. The smallest absolute Gasteiger partial charge is 0.315 e. The van der Waals surface area contributed by atoms with Crippen LogP contribution in [0.15, 0.2) is 29.2 Å². The molecule has 0 aromatic heterocycles. The van der Waals surface area contributed by atoms with Gasteiger partial charge in [0.25, 0.3) is 0 Å². The molecule has 1 aromatic rings. The van der Waals surface area contributed by atoms with Gasteiger partial charge in [0.05, 0.1) is 4.90 Å². The molecular weight excluding hydrogens is 320 g/mol. The van der Waals surface area contributed by atoms with E-state index in [4.69, 9.17) is 5.14 Å². The number of hydrogen-bond acceptors (Lipinski definition) is 4. The highest BCUT2D eigenvalue weighted by molar-refractivity contribution is 7.89. The Morgan fingerprint density at radius 1 is 1.26 bits per heavy atom. The van der Waals surface area contributed by atoms with Gasteiger partial charge >= 0.3 is 6.03 Å². The number of amides is 3.